The maximum Gasteiger partial charge on any atom is 0.332 e. The van der Waals surface area contributed by atoms with E-state index in [4.69, 9.17) is 4.74 Å². The summed E-state index contributed by atoms with van der Waals surface area (Å²) in [5.74, 6) is 0. The van der Waals surface area contributed by atoms with Gasteiger partial charge in [-0.05, 0) is 14.1 Å². The predicted octanol–water partition coefficient (Wildman–Crippen LogP) is -1.89. The summed E-state index contributed by atoms with van der Waals surface area (Å²) in [6, 6.07) is 0.291. The Morgan fingerprint density at radius 1 is 1.10 bits per heavy atom. The third-order valence-corrected chi connectivity index (χ3v) is 3.51. The van der Waals surface area contributed by atoms with Gasteiger partial charge in [0, 0.05) is 21.1 Å². The van der Waals surface area contributed by atoms with Crippen LogP contribution in [0.4, 0.5) is 0 Å². The second-order valence-electron chi connectivity index (χ2n) is 4.77. The van der Waals surface area contributed by atoms with Crippen LogP contribution in [0.3, 0.4) is 0 Å². The first-order chi connectivity index (χ1) is 9.92. The van der Waals surface area contributed by atoms with Crippen LogP contribution in [0.25, 0.3) is 11.2 Å². The number of hydrogen-bond acceptors (Lipinski definition) is 6. The normalized spacial score (nSPS) is 11.5. The Morgan fingerprint density at radius 2 is 1.71 bits per heavy atom. The van der Waals surface area contributed by atoms with Gasteiger partial charge in [-0.15, -0.1) is 0 Å². The zero-order valence-corrected chi connectivity index (χ0v) is 12.8. The summed E-state index contributed by atoms with van der Waals surface area (Å²) in [6.07, 6.45) is -0.0449. The smallest absolute Gasteiger partial charge is 0.332 e. The lowest BCUT2D eigenvalue weighted by molar-refractivity contribution is 0.231. The average molecular weight is 296 g/mol. The van der Waals surface area contributed by atoms with E-state index in [1.807, 2.05) is 0 Å². The largest absolute Gasteiger partial charge is 0.462 e. The van der Waals surface area contributed by atoms with Crippen molar-refractivity contribution in [2.45, 2.75) is 6.17 Å². The summed E-state index contributed by atoms with van der Waals surface area (Å²) in [5.41, 5.74) is -0.164. The summed E-state index contributed by atoms with van der Waals surface area (Å²) >= 11 is 0. The molecule has 0 aliphatic carbocycles. The molecule has 2 aromatic heterocycles. The van der Waals surface area contributed by atoms with Gasteiger partial charge in [-0.2, -0.15) is 4.98 Å². The van der Waals surface area contributed by atoms with E-state index < -0.39 is 11.2 Å². The Balaban J connectivity index is 2.52. The molecule has 0 aliphatic heterocycles. The molecule has 0 amide bonds. The molecule has 0 radical (unpaired) electrons. The van der Waals surface area contributed by atoms with Crippen molar-refractivity contribution < 1.29 is 4.74 Å². The number of rotatable bonds is 5. The first-order valence-corrected chi connectivity index (χ1v) is 6.52. The minimum Gasteiger partial charge on any atom is -0.462 e. The van der Waals surface area contributed by atoms with Gasteiger partial charge in [0.05, 0.1) is 6.17 Å². The van der Waals surface area contributed by atoms with Gasteiger partial charge in [-0.3, -0.25) is 18.5 Å². The number of likely N-dealkylation sites (N-methyl/N-ethyl adjacent to an activating group) is 2. The molecule has 9 heteroatoms. The molecule has 2 rings (SSSR count). The predicted molar refractivity (Wildman–Crippen MR) is 78.6 cm³/mol. The van der Waals surface area contributed by atoms with Crippen LogP contribution in [0.1, 0.15) is 0 Å². The number of fused-ring (bicyclic) bond motifs is 1. The zero-order valence-electron chi connectivity index (χ0n) is 12.8. The number of hydrogen-bond donors (Lipinski definition) is 2. The lowest BCUT2D eigenvalue weighted by Crippen LogP contribution is -2.42. The fourth-order valence-corrected chi connectivity index (χ4v) is 2.10. The lowest BCUT2D eigenvalue weighted by Gasteiger charge is -2.15. The summed E-state index contributed by atoms with van der Waals surface area (Å²) in [5, 5.41) is 6.04. The molecule has 0 aromatic carbocycles. The van der Waals surface area contributed by atoms with Crippen LogP contribution >= 0.6 is 0 Å². The van der Waals surface area contributed by atoms with Crippen LogP contribution in [0.2, 0.25) is 0 Å². The molecule has 2 heterocycles. The Morgan fingerprint density at radius 3 is 2.29 bits per heavy atom. The average Bonchev–Trinajstić information content (AvgIpc) is 2.81. The fourth-order valence-electron chi connectivity index (χ4n) is 2.10. The minimum atomic E-state index is -0.416. The van der Waals surface area contributed by atoms with Gasteiger partial charge in [-0.1, -0.05) is 0 Å². The van der Waals surface area contributed by atoms with E-state index in [9.17, 15) is 9.59 Å². The second-order valence-corrected chi connectivity index (χ2v) is 4.77. The molecular weight excluding hydrogens is 276 g/mol. The molecular formula is C12H20N6O3. The SMILES string of the molecule is CNC(COc1nc2c(c(=O)n(C)c(=O)n2C)n1C)NC. The van der Waals surface area contributed by atoms with E-state index in [1.165, 1.54) is 11.6 Å². The van der Waals surface area contributed by atoms with E-state index in [1.54, 1.807) is 32.8 Å². The van der Waals surface area contributed by atoms with Gasteiger partial charge in [0.1, 0.15) is 6.61 Å². The minimum absolute atomic E-state index is 0.0449. The maximum absolute atomic E-state index is 12.2. The number of ether oxygens (including phenoxy) is 1. The molecule has 0 bridgehead atoms. The number of nitrogens with one attached hydrogen (secondary N) is 2. The van der Waals surface area contributed by atoms with E-state index in [0.717, 1.165) is 4.57 Å². The highest BCUT2D eigenvalue weighted by Gasteiger charge is 2.18. The molecule has 0 fully saturated rings. The first kappa shape index (κ1) is 15.3. The third-order valence-electron chi connectivity index (χ3n) is 3.51. The van der Waals surface area contributed by atoms with Gasteiger partial charge in [0.25, 0.3) is 11.6 Å². The molecule has 116 valence electrons. The van der Waals surface area contributed by atoms with Gasteiger partial charge in [0.15, 0.2) is 11.2 Å². The van der Waals surface area contributed by atoms with Gasteiger partial charge < -0.3 is 15.4 Å². The summed E-state index contributed by atoms with van der Waals surface area (Å²) in [4.78, 5) is 28.3. The lowest BCUT2D eigenvalue weighted by atomic mass is 10.5. The van der Waals surface area contributed by atoms with Crippen LogP contribution in [0.5, 0.6) is 6.01 Å². The van der Waals surface area contributed by atoms with Crippen molar-refractivity contribution in [3.63, 3.8) is 0 Å². The van der Waals surface area contributed by atoms with Crippen molar-refractivity contribution in [2.24, 2.45) is 21.1 Å². The van der Waals surface area contributed by atoms with E-state index in [-0.39, 0.29) is 6.17 Å². The number of aryl methyl sites for hydroxylation is 2. The molecule has 0 spiro atoms. The van der Waals surface area contributed by atoms with Gasteiger partial charge >= 0.3 is 5.69 Å². The molecule has 0 aliphatic rings. The van der Waals surface area contributed by atoms with Gasteiger partial charge in [0.2, 0.25) is 0 Å². The monoisotopic (exact) mass is 296 g/mol. The van der Waals surface area contributed by atoms with E-state index in [0.29, 0.717) is 23.8 Å². The highest BCUT2D eigenvalue weighted by Crippen LogP contribution is 2.15. The molecule has 0 unspecified atom stereocenters. The van der Waals surface area contributed by atoms with Crippen LogP contribution in [0, 0.1) is 0 Å². The van der Waals surface area contributed by atoms with Crippen molar-refractivity contribution in [1.29, 1.82) is 0 Å². The second kappa shape index (κ2) is 5.70. The maximum atomic E-state index is 12.2. The molecule has 0 saturated heterocycles. The molecule has 9 nitrogen and oxygen atoms in total. The van der Waals surface area contributed by atoms with E-state index >= 15 is 0 Å². The first-order valence-electron chi connectivity index (χ1n) is 6.52. The summed E-state index contributed by atoms with van der Waals surface area (Å²) in [7, 11) is 8.31. The Labute approximate surface area is 121 Å². The number of aromatic nitrogens is 4. The molecule has 0 atom stereocenters. The number of imidazole rings is 1. The molecule has 2 aromatic rings. The highest BCUT2D eigenvalue weighted by atomic mass is 16.5. The Hall–Kier alpha value is -2.13. The molecule has 21 heavy (non-hydrogen) atoms. The number of nitrogens with zero attached hydrogens (tertiary/aromatic N) is 4. The summed E-state index contributed by atoms with van der Waals surface area (Å²) in [6.45, 7) is 0.332. The third kappa shape index (κ3) is 2.45. The Kier molecular flexibility index (Phi) is 4.14. The standard InChI is InChI=1S/C12H20N6O3/c1-13-7(14-2)6-21-11-15-9-8(16(11)3)10(19)18(5)12(20)17(9)4/h7,13-14H,6H2,1-5H3. The van der Waals surface area contributed by atoms with Crippen molar-refractivity contribution in [3.8, 4) is 6.01 Å². The highest BCUT2D eigenvalue weighted by molar-refractivity contribution is 5.71. The fraction of sp³-hybridized carbons (Fsp3) is 0.583. The van der Waals surface area contributed by atoms with Crippen molar-refractivity contribution >= 4 is 11.2 Å². The van der Waals surface area contributed by atoms with Crippen molar-refractivity contribution in [2.75, 3.05) is 20.7 Å². The quantitative estimate of drug-likeness (QED) is 0.627. The van der Waals surface area contributed by atoms with Crippen molar-refractivity contribution in [1.82, 2.24) is 29.3 Å². The van der Waals surface area contributed by atoms with Crippen LogP contribution < -0.4 is 26.6 Å². The Bertz CT molecular complexity index is 768. The van der Waals surface area contributed by atoms with Crippen LogP contribution in [0.15, 0.2) is 9.59 Å². The zero-order chi connectivity index (χ0) is 15.7. The van der Waals surface area contributed by atoms with Crippen LogP contribution in [-0.4, -0.2) is 45.6 Å². The topological polar surface area (TPSA) is 95.1 Å². The van der Waals surface area contributed by atoms with Crippen molar-refractivity contribution in [3.05, 3.63) is 20.8 Å². The van der Waals surface area contributed by atoms with Crippen LogP contribution in [-0.2, 0) is 21.1 Å². The summed E-state index contributed by atoms with van der Waals surface area (Å²) < 4.78 is 9.56. The van der Waals surface area contributed by atoms with Gasteiger partial charge in [-0.25, -0.2) is 4.79 Å². The van der Waals surface area contributed by atoms with E-state index in [2.05, 4.69) is 15.6 Å². The molecule has 2 N–H and O–H groups in total. The molecule has 0 saturated carbocycles.